The molecule has 0 bridgehead atoms. The predicted octanol–water partition coefficient (Wildman–Crippen LogP) is 1.35. The Kier molecular flexibility index (Phi) is 3.96. The average Bonchev–Trinajstić information content (AvgIpc) is 2.76. The van der Waals surface area contributed by atoms with Gasteiger partial charge in [0.15, 0.2) is 0 Å². The summed E-state index contributed by atoms with van der Waals surface area (Å²) in [7, 11) is 0. The van der Waals surface area contributed by atoms with Crippen LogP contribution in [0.2, 0.25) is 0 Å². The lowest BCUT2D eigenvalue weighted by Gasteiger charge is -2.29. The quantitative estimate of drug-likeness (QED) is 0.889. The van der Waals surface area contributed by atoms with Crippen molar-refractivity contribution >= 4 is 5.91 Å². The van der Waals surface area contributed by atoms with Gasteiger partial charge in [0.25, 0.3) is 12.3 Å². The van der Waals surface area contributed by atoms with E-state index in [2.05, 4.69) is 0 Å². The molecule has 1 aromatic rings. The molecular weight excluding hydrogens is 242 g/mol. The van der Waals surface area contributed by atoms with Crippen LogP contribution in [0.25, 0.3) is 0 Å². The van der Waals surface area contributed by atoms with Crippen LogP contribution in [0.4, 0.5) is 8.78 Å². The number of aliphatic hydroxyl groups excluding tert-OH is 1. The number of rotatable bonds is 3. The van der Waals surface area contributed by atoms with E-state index in [1.165, 1.54) is 10.8 Å². The first-order valence-corrected chi connectivity index (χ1v) is 5.98. The zero-order valence-corrected chi connectivity index (χ0v) is 9.93. The van der Waals surface area contributed by atoms with Gasteiger partial charge in [-0.1, -0.05) is 0 Å². The Labute approximate surface area is 104 Å². The predicted molar refractivity (Wildman–Crippen MR) is 61.6 cm³/mol. The van der Waals surface area contributed by atoms with E-state index in [0.717, 1.165) is 0 Å². The number of hydrogen-bond donors (Lipinski definition) is 1. The lowest BCUT2D eigenvalue weighted by Crippen LogP contribution is -2.40. The van der Waals surface area contributed by atoms with Crippen molar-refractivity contribution in [3.05, 3.63) is 24.0 Å². The molecule has 4 nitrogen and oxygen atoms in total. The Morgan fingerprint density at radius 2 is 2.11 bits per heavy atom. The molecule has 1 aliphatic heterocycles. The minimum Gasteiger partial charge on any atom is -0.393 e. The summed E-state index contributed by atoms with van der Waals surface area (Å²) < 4.78 is 26.0. The highest BCUT2D eigenvalue weighted by Crippen LogP contribution is 2.15. The van der Waals surface area contributed by atoms with E-state index >= 15 is 0 Å². The topological polar surface area (TPSA) is 45.5 Å². The fourth-order valence-electron chi connectivity index (χ4n) is 2.15. The van der Waals surface area contributed by atoms with Crippen LogP contribution in [0.1, 0.15) is 23.3 Å². The van der Waals surface area contributed by atoms with Crippen LogP contribution >= 0.6 is 0 Å². The maximum atomic E-state index is 12.4. The summed E-state index contributed by atoms with van der Waals surface area (Å²) in [5, 5.41) is 9.37. The SMILES string of the molecule is O=C(c1cccn1CC(F)F)N1CCC(O)CC1. The number of carbonyl (C=O) groups is 1. The molecule has 0 atom stereocenters. The fourth-order valence-corrected chi connectivity index (χ4v) is 2.15. The molecule has 1 N–H and O–H groups in total. The summed E-state index contributed by atoms with van der Waals surface area (Å²) in [6.45, 7) is 0.476. The number of hydrogen-bond acceptors (Lipinski definition) is 2. The molecule has 1 saturated heterocycles. The molecule has 1 aromatic heterocycles. The van der Waals surface area contributed by atoms with Crippen LogP contribution < -0.4 is 0 Å². The standard InChI is InChI=1S/C12H16F2N2O2/c13-11(14)8-16-5-1-2-10(16)12(18)15-6-3-9(17)4-7-15/h1-2,5,9,11,17H,3-4,6-8H2. The Morgan fingerprint density at radius 1 is 1.44 bits per heavy atom. The molecule has 1 aliphatic rings. The number of likely N-dealkylation sites (tertiary alicyclic amines) is 1. The van der Waals surface area contributed by atoms with Crippen molar-refractivity contribution in [2.45, 2.75) is 31.9 Å². The Balaban J connectivity index is 2.06. The Bertz CT molecular complexity index is 412. The van der Waals surface area contributed by atoms with Crippen LogP contribution in [-0.2, 0) is 6.54 Å². The van der Waals surface area contributed by atoms with E-state index < -0.39 is 13.0 Å². The first-order valence-electron chi connectivity index (χ1n) is 5.98. The van der Waals surface area contributed by atoms with Crippen molar-refractivity contribution in [1.29, 1.82) is 0 Å². The van der Waals surface area contributed by atoms with Gasteiger partial charge >= 0.3 is 0 Å². The number of piperidine rings is 1. The summed E-state index contributed by atoms with van der Waals surface area (Å²) in [4.78, 5) is 13.7. The monoisotopic (exact) mass is 258 g/mol. The molecule has 1 fully saturated rings. The first-order chi connectivity index (χ1) is 8.58. The molecule has 0 unspecified atom stereocenters. The highest BCUT2D eigenvalue weighted by molar-refractivity contribution is 5.92. The van der Waals surface area contributed by atoms with Crippen molar-refractivity contribution in [3.8, 4) is 0 Å². The molecule has 0 radical (unpaired) electrons. The molecule has 0 aliphatic carbocycles. The van der Waals surface area contributed by atoms with Crippen molar-refractivity contribution in [3.63, 3.8) is 0 Å². The number of nitrogens with zero attached hydrogens (tertiary/aromatic N) is 2. The highest BCUT2D eigenvalue weighted by atomic mass is 19.3. The van der Waals surface area contributed by atoms with Gasteiger partial charge < -0.3 is 14.6 Å². The van der Waals surface area contributed by atoms with Crippen LogP contribution in [-0.4, -0.2) is 46.1 Å². The Morgan fingerprint density at radius 3 is 2.72 bits per heavy atom. The van der Waals surface area contributed by atoms with Gasteiger partial charge in [-0.25, -0.2) is 8.78 Å². The zero-order chi connectivity index (χ0) is 13.1. The molecule has 6 heteroatoms. The minimum atomic E-state index is -2.48. The van der Waals surface area contributed by atoms with Gasteiger partial charge in [0.05, 0.1) is 12.6 Å². The second kappa shape index (κ2) is 5.48. The van der Waals surface area contributed by atoms with Crippen molar-refractivity contribution in [2.24, 2.45) is 0 Å². The maximum Gasteiger partial charge on any atom is 0.270 e. The van der Waals surface area contributed by atoms with Crippen LogP contribution in [0.5, 0.6) is 0 Å². The van der Waals surface area contributed by atoms with E-state index in [1.54, 1.807) is 17.0 Å². The summed E-state index contributed by atoms with van der Waals surface area (Å²) in [6, 6.07) is 3.14. The van der Waals surface area contributed by atoms with Gasteiger partial charge in [0.2, 0.25) is 0 Å². The molecule has 2 heterocycles. The molecule has 0 aromatic carbocycles. The van der Waals surface area contributed by atoms with Crippen LogP contribution in [0.15, 0.2) is 18.3 Å². The largest absolute Gasteiger partial charge is 0.393 e. The normalized spacial score (nSPS) is 17.4. The van der Waals surface area contributed by atoms with Gasteiger partial charge in [-0.05, 0) is 25.0 Å². The minimum absolute atomic E-state index is 0.243. The number of carbonyl (C=O) groups excluding carboxylic acids is 1. The molecular formula is C12H16F2N2O2. The van der Waals surface area contributed by atoms with Gasteiger partial charge in [-0.3, -0.25) is 4.79 Å². The van der Waals surface area contributed by atoms with E-state index in [0.29, 0.717) is 25.9 Å². The van der Waals surface area contributed by atoms with Gasteiger partial charge in [0.1, 0.15) is 5.69 Å². The lowest BCUT2D eigenvalue weighted by molar-refractivity contribution is 0.0532. The summed E-state index contributed by atoms with van der Waals surface area (Å²) in [5.41, 5.74) is 0.284. The van der Waals surface area contributed by atoms with Crippen LogP contribution in [0, 0.1) is 0 Å². The molecule has 0 saturated carbocycles. The van der Waals surface area contributed by atoms with Gasteiger partial charge in [-0.2, -0.15) is 0 Å². The van der Waals surface area contributed by atoms with E-state index in [-0.39, 0.29) is 17.7 Å². The van der Waals surface area contributed by atoms with Crippen molar-refractivity contribution in [1.82, 2.24) is 9.47 Å². The van der Waals surface area contributed by atoms with Gasteiger partial charge in [0, 0.05) is 19.3 Å². The third-order valence-corrected chi connectivity index (χ3v) is 3.14. The van der Waals surface area contributed by atoms with Gasteiger partial charge in [-0.15, -0.1) is 0 Å². The maximum absolute atomic E-state index is 12.4. The molecule has 1 amide bonds. The summed E-state index contributed by atoms with van der Waals surface area (Å²) >= 11 is 0. The average molecular weight is 258 g/mol. The third-order valence-electron chi connectivity index (χ3n) is 3.14. The summed E-state index contributed by atoms with van der Waals surface area (Å²) in [6.07, 6.45) is -0.269. The van der Waals surface area contributed by atoms with Crippen LogP contribution in [0.3, 0.4) is 0 Å². The molecule has 100 valence electrons. The number of aliphatic hydroxyl groups is 1. The number of halogens is 2. The number of alkyl halides is 2. The second-order valence-electron chi connectivity index (χ2n) is 4.46. The number of aromatic nitrogens is 1. The molecule has 0 spiro atoms. The smallest absolute Gasteiger partial charge is 0.270 e. The third kappa shape index (κ3) is 2.87. The Hall–Kier alpha value is -1.43. The highest BCUT2D eigenvalue weighted by Gasteiger charge is 2.24. The zero-order valence-electron chi connectivity index (χ0n) is 9.93. The van der Waals surface area contributed by atoms with E-state index in [4.69, 9.17) is 0 Å². The van der Waals surface area contributed by atoms with E-state index in [9.17, 15) is 18.7 Å². The molecule has 2 rings (SSSR count). The first kappa shape index (κ1) is 13.0. The van der Waals surface area contributed by atoms with Crippen molar-refractivity contribution < 1.29 is 18.7 Å². The molecule has 18 heavy (non-hydrogen) atoms. The van der Waals surface area contributed by atoms with Crippen molar-refractivity contribution in [2.75, 3.05) is 13.1 Å². The number of amides is 1. The summed E-state index contributed by atoms with van der Waals surface area (Å²) in [5.74, 6) is -0.243. The van der Waals surface area contributed by atoms with E-state index in [1.807, 2.05) is 0 Å². The lowest BCUT2D eigenvalue weighted by atomic mass is 10.1. The fraction of sp³-hybridized carbons (Fsp3) is 0.583. The second-order valence-corrected chi connectivity index (χ2v) is 4.46.